The molecule has 0 radical (unpaired) electrons. The van der Waals surface area contributed by atoms with Gasteiger partial charge in [0, 0.05) is 34.7 Å². The summed E-state index contributed by atoms with van der Waals surface area (Å²) in [5.74, 6) is 0.654. The van der Waals surface area contributed by atoms with E-state index in [0.29, 0.717) is 5.92 Å². The molecular weight excluding hydrogens is 351 g/mol. The maximum absolute atomic E-state index is 6.38. The highest BCUT2D eigenvalue weighted by molar-refractivity contribution is 6.31. The molecular formula is C21H26Cl2N2. The fourth-order valence-corrected chi connectivity index (χ4v) is 3.41. The molecule has 3 rings (SSSR count). The van der Waals surface area contributed by atoms with Crippen LogP contribution in [-0.2, 0) is 13.1 Å². The van der Waals surface area contributed by atoms with Crippen LogP contribution in [0, 0.1) is 12.8 Å². The average molecular weight is 377 g/mol. The van der Waals surface area contributed by atoms with E-state index in [4.69, 9.17) is 11.6 Å². The molecule has 134 valence electrons. The Morgan fingerprint density at radius 2 is 1.72 bits per heavy atom. The average Bonchev–Trinajstić information content (AvgIpc) is 2.82. The van der Waals surface area contributed by atoms with Gasteiger partial charge in [0.15, 0.2) is 0 Å². The van der Waals surface area contributed by atoms with Crippen molar-refractivity contribution in [1.29, 1.82) is 0 Å². The molecule has 1 aromatic heterocycles. The van der Waals surface area contributed by atoms with Crippen LogP contribution in [0.15, 0.2) is 48.5 Å². The molecule has 0 aliphatic carbocycles. The Morgan fingerprint density at radius 3 is 2.44 bits per heavy atom. The second-order valence-electron chi connectivity index (χ2n) is 6.78. The van der Waals surface area contributed by atoms with E-state index in [1.807, 2.05) is 18.2 Å². The number of nitrogens with zero attached hydrogens (tertiary/aromatic N) is 1. The van der Waals surface area contributed by atoms with Gasteiger partial charge in [0.1, 0.15) is 0 Å². The number of fused-ring (bicyclic) bond motifs is 1. The molecule has 0 amide bonds. The summed E-state index contributed by atoms with van der Waals surface area (Å²) < 4.78 is 2.38. The van der Waals surface area contributed by atoms with Crippen molar-refractivity contribution in [1.82, 2.24) is 9.88 Å². The molecule has 2 nitrogen and oxygen atoms in total. The lowest BCUT2D eigenvalue weighted by atomic mass is 10.1. The van der Waals surface area contributed by atoms with E-state index < -0.39 is 0 Å². The minimum atomic E-state index is 0. The van der Waals surface area contributed by atoms with Crippen molar-refractivity contribution < 1.29 is 0 Å². The van der Waals surface area contributed by atoms with Gasteiger partial charge < -0.3 is 9.88 Å². The first-order chi connectivity index (χ1) is 11.6. The van der Waals surface area contributed by atoms with Crippen LogP contribution in [0.3, 0.4) is 0 Å². The summed E-state index contributed by atoms with van der Waals surface area (Å²) in [4.78, 5) is 0. The smallest absolute Gasteiger partial charge is 0.0493 e. The quantitative estimate of drug-likeness (QED) is 0.573. The van der Waals surface area contributed by atoms with Crippen LogP contribution >= 0.6 is 24.0 Å². The first-order valence-electron chi connectivity index (χ1n) is 8.58. The molecule has 0 aliphatic rings. The molecule has 0 aliphatic heterocycles. The van der Waals surface area contributed by atoms with E-state index in [1.54, 1.807) is 0 Å². The Bertz CT molecular complexity index is 837. The van der Waals surface area contributed by atoms with E-state index in [0.717, 1.165) is 30.2 Å². The molecule has 2 aromatic carbocycles. The highest BCUT2D eigenvalue weighted by Crippen LogP contribution is 2.28. The van der Waals surface area contributed by atoms with Crippen LogP contribution < -0.4 is 5.32 Å². The maximum Gasteiger partial charge on any atom is 0.0493 e. The van der Waals surface area contributed by atoms with Crippen molar-refractivity contribution in [2.45, 2.75) is 33.9 Å². The fraction of sp³-hybridized carbons (Fsp3) is 0.333. The van der Waals surface area contributed by atoms with Crippen LogP contribution in [-0.4, -0.2) is 11.1 Å². The van der Waals surface area contributed by atoms with Gasteiger partial charge in [0.2, 0.25) is 0 Å². The molecule has 0 atom stereocenters. The van der Waals surface area contributed by atoms with Crippen LogP contribution in [0.25, 0.3) is 10.9 Å². The highest BCUT2D eigenvalue weighted by Gasteiger charge is 2.14. The van der Waals surface area contributed by atoms with Crippen molar-refractivity contribution in [3.8, 4) is 0 Å². The van der Waals surface area contributed by atoms with Crippen molar-refractivity contribution in [3.63, 3.8) is 0 Å². The lowest BCUT2D eigenvalue weighted by Gasteiger charge is -2.11. The van der Waals surface area contributed by atoms with Crippen LogP contribution in [0.1, 0.15) is 30.7 Å². The molecule has 1 N–H and O–H groups in total. The molecule has 0 bridgehead atoms. The zero-order valence-corrected chi connectivity index (χ0v) is 16.6. The van der Waals surface area contributed by atoms with E-state index in [-0.39, 0.29) is 12.4 Å². The predicted molar refractivity (Wildman–Crippen MR) is 111 cm³/mol. The van der Waals surface area contributed by atoms with E-state index in [9.17, 15) is 0 Å². The van der Waals surface area contributed by atoms with Crippen molar-refractivity contribution in [2.24, 2.45) is 5.92 Å². The van der Waals surface area contributed by atoms with E-state index >= 15 is 0 Å². The Labute approximate surface area is 161 Å². The summed E-state index contributed by atoms with van der Waals surface area (Å²) in [6.07, 6.45) is 0. The van der Waals surface area contributed by atoms with Gasteiger partial charge >= 0.3 is 0 Å². The summed E-state index contributed by atoms with van der Waals surface area (Å²) in [7, 11) is 0. The highest BCUT2D eigenvalue weighted by atomic mass is 35.5. The summed E-state index contributed by atoms with van der Waals surface area (Å²) in [5, 5.41) is 5.74. The largest absolute Gasteiger partial charge is 0.340 e. The molecule has 0 saturated heterocycles. The van der Waals surface area contributed by atoms with Crippen molar-refractivity contribution in [2.75, 3.05) is 6.54 Å². The predicted octanol–water partition coefficient (Wildman–Crippen LogP) is 5.82. The maximum atomic E-state index is 6.38. The number of rotatable bonds is 6. The molecule has 0 unspecified atom stereocenters. The summed E-state index contributed by atoms with van der Waals surface area (Å²) in [6.45, 7) is 9.42. The third kappa shape index (κ3) is 4.38. The van der Waals surface area contributed by atoms with Crippen LogP contribution in [0.4, 0.5) is 0 Å². The molecule has 0 saturated carbocycles. The molecule has 4 heteroatoms. The molecule has 0 fully saturated rings. The number of para-hydroxylation sites is 1. The number of benzene rings is 2. The lowest BCUT2D eigenvalue weighted by molar-refractivity contribution is 0.551. The van der Waals surface area contributed by atoms with Crippen molar-refractivity contribution >= 4 is 34.9 Å². The number of hydrogen-bond donors (Lipinski definition) is 1. The summed E-state index contributed by atoms with van der Waals surface area (Å²) in [5.41, 5.74) is 5.13. The van der Waals surface area contributed by atoms with Gasteiger partial charge in [0.25, 0.3) is 0 Å². The van der Waals surface area contributed by atoms with Gasteiger partial charge in [-0.25, -0.2) is 0 Å². The molecule has 25 heavy (non-hydrogen) atoms. The second-order valence-corrected chi connectivity index (χ2v) is 7.19. The first-order valence-corrected chi connectivity index (χ1v) is 8.96. The normalized spacial score (nSPS) is 11.1. The number of nitrogens with one attached hydrogen (secondary N) is 1. The zero-order chi connectivity index (χ0) is 17.1. The topological polar surface area (TPSA) is 17.0 Å². The third-order valence-corrected chi connectivity index (χ3v) is 4.87. The number of hydrogen-bond acceptors (Lipinski definition) is 1. The lowest BCUT2D eigenvalue weighted by Crippen LogP contribution is -2.19. The summed E-state index contributed by atoms with van der Waals surface area (Å²) >= 11 is 6.38. The van der Waals surface area contributed by atoms with Gasteiger partial charge in [0.05, 0.1) is 0 Å². The second kappa shape index (κ2) is 8.75. The van der Waals surface area contributed by atoms with E-state index in [1.165, 1.54) is 22.2 Å². The Morgan fingerprint density at radius 1 is 1.04 bits per heavy atom. The first kappa shape index (κ1) is 19.8. The molecule has 3 aromatic rings. The molecule has 0 spiro atoms. The SMILES string of the molecule is Cc1c(CNCC(C)C)c2ccccc2n1Cc1ccccc1Cl.Cl. The molecule has 1 heterocycles. The Hall–Kier alpha value is -1.48. The van der Waals surface area contributed by atoms with Gasteiger partial charge in [-0.05, 0) is 42.6 Å². The van der Waals surface area contributed by atoms with Gasteiger partial charge in [-0.1, -0.05) is 61.8 Å². The minimum absolute atomic E-state index is 0. The van der Waals surface area contributed by atoms with Gasteiger partial charge in [-0.3, -0.25) is 0 Å². The van der Waals surface area contributed by atoms with Gasteiger partial charge in [-0.2, -0.15) is 0 Å². The fourth-order valence-electron chi connectivity index (χ4n) is 3.21. The number of aromatic nitrogens is 1. The van der Waals surface area contributed by atoms with Crippen LogP contribution in [0.2, 0.25) is 5.02 Å². The van der Waals surface area contributed by atoms with E-state index in [2.05, 4.69) is 61.0 Å². The standard InChI is InChI=1S/C21H25ClN2.ClH/c1-15(2)12-23-13-19-16(3)24(21-11-7-5-9-18(19)21)14-17-8-4-6-10-20(17)22;/h4-11,15,23H,12-14H2,1-3H3;1H. The monoisotopic (exact) mass is 376 g/mol. The Balaban J connectivity index is 0.00000225. The zero-order valence-electron chi connectivity index (χ0n) is 15.1. The Kier molecular flexibility index (Phi) is 6.95. The number of halogens is 2. The summed E-state index contributed by atoms with van der Waals surface area (Å²) in [6, 6.07) is 16.7. The van der Waals surface area contributed by atoms with Crippen LogP contribution in [0.5, 0.6) is 0 Å². The minimum Gasteiger partial charge on any atom is -0.340 e. The van der Waals surface area contributed by atoms with Gasteiger partial charge in [-0.15, -0.1) is 12.4 Å². The third-order valence-electron chi connectivity index (χ3n) is 4.50. The van der Waals surface area contributed by atoms with Crippen molar-refractivity contribution in [3.05, 3.63) is 70.4 Å².